The number of fused-ring (bicyclic) bond motifs is 1. The molecule has 3 nitrogen and oxygen atoms in total. The van der Waals surface area contributed by atoms with E-state index in [1.165, 1.54) is 21.2 Å². The fraction of sp³-hybridized carbons (Fsp3) is 0.176. The summed E-state index contributed by atoms with van der Waals surface area (Å²) in [5.74, 6) is 0. The van der Waals surface area contributed by atoms with Crippen LogP contribution in [0.5, 0.6) is 0 Å². The van der Waals surface area contributed by atoms with Crippen LogP contribution in [0.4, 0.5) is 0 Å². The van der Waals surface area contributed by atoms with Crippen LogP contribution in [0.1, 0.15) is 27.2 Å². The zero-order valence-electron chi connectivity index (χ0n) is 12.3. The molecule has 0 N–H and O–H groups in total. The van der Waals surface area contributed by atoms with Gasteiger partial charge in [0.2, 0.25) is 0 Å². The Hall–Kier alpha value is -1.90. The first-order valence-electron chi connectivity index (χ1n) is 6.78. The molecule has 4 heteroatoms. The molecule has 0 aliphatic rings. The van der Waals surface area contributed by atoms with Crippen LogP contribution >= 0.6 is 0 Å². The molecule has 106 valence electrons. The van der Waals surface area contributed by atoms with Gasteiger partial charge in [0.1, 0.15) is 0 Å². The molecule has 0 atom stereocenters. The number of carbonyl (C=O) groups excluding carboxylic acids is 1. The third kappa shape index (κ3) is 2.53. The van der Waals surface area contributed by atoms with E-state index in [0.717, 1.165) is 16.5 Å². The molecule has 21 heavy (non-hydrogen) atoms. The van der Waals surface area contributed by atoms with Gasteiger partial charge in [-0.1, -0.05) is 0 Å². The summed E-state index contributed by atoms with van der Waals surface area (Å²) >= 11 is 0.0319. The minimum atomic E-state index is 0.0319. The minimum absolute atomic E-state index is 0.0319. The Bertz CT molecular complexity index is 813. The predicted molar refractivity (Wildman–Crippen MR) is 86.3 cm³/mol. The Labute approximate surface area is 130 Å². The zero-order chi connectivity index (χ0) is 15.0. The van der Waals surface area contributed by atoms with Gasteiger partial charge in [-0.15, -0.1) is 0 Å². The first-order valence-corrected chi connectivity index (χ1v) is 8.49. The van der Waals surface area contributed by atoms with Crippen molar-refractivity contribution >= 4 is 35.9 Å². The van der Waals surface area contributed by atoms with Gasteiger partial charge in [-0.25, -0.2) is 0 Å². The molecular weight excluding hydrogens is 327 g/mol. The summed E-state index contributed by atoms with van der Waals surface area (Å²) in [5.41, 5.74) is 5.34. The quantitative estimate of drug-likeness (QED) is 0.536. The molecule has 0 radical (unpaired) electrons. The number of aldehydes is 1. The zero-order valence-corrected chi connectivity index (χ0v) is 14.0. The van der Waals surface area contributed by atoms with Crippen LogP contribution in [0, 0.1) is 20.8 Å². The monoisotopic (exact) mass is 344 g/mol. The molecule has 0 aliphatic heterocycles. The summed E-state index contributed by atoms with van der Waals surface area (Å²) in [6, 6.07) is 10.2. The molecule has 3 aromatic rings. The van der Waals surface area contributed by atoms with E-state index in [1.807, 2.05) is 28.8 Å². The van der Waals surface area contributed by atoms with Gasteiger partial charge in [0.25, 0.3) is 0 Å². The maximum absolute atomic E-state index is 11.5. The average Bonchev–Trinajstić information content (AvgIpc) is 2.80. The molecule has 0 aliphatic carbocycles. The molecule has 0 unspecified atom stereocenters. The molecule has 1 aromatic carbocycles. The van der Waals surface area contributed by atoms with Crippen molar-refractivity contribution in [1.29, 1.82) is 0 Å². The molecule has 3 rings (SSSR count). The van der Waals surface area contributed by atoms with Crippen molar-refractivity contribution in [2.24, 2.45) is 0 Å². The number of benzene rings is 1. The second-order valence-corrected chi connectivity index (χ2v) is 7.27. The summed E-state index contributed by atoms with van der Waals surface area (Å²) < 4.78 is 4.08. The number of aryl methyl sites for hydroxylation is 3. The summed E-state index contributed by atoms with van der Waals surface area (Å²) in [6.07, 6.45) is 2.80. The van der Waals surface area contributed by atoms with Gasteiger partial charge in [-0.05, 0) is 0 Å². The molecule has 0 spiro atoms. The topological polar surface area (TPSA) is 34.4 Å². The van der Waals surface area contributed by atoms with Crippen molar-refractivity contribution in [1.82, 2.24) is 9.38 Å². The van der Waals surface area contributed by atoms with Gasteiger partial charge in [0.05, 0.1) is 0 Å². The average molecular weight is 343 g/mol. The first-order chi connectivity index (χ1) is 10.1. The molecule has 0 saturated carbocycles. The number of aromatic nitrogens is 2. The van der Waals surface area contributed by atoms with Crippen LogP contribution in [0.15, 0.2) is 36.5 Å². The van der Waals surface area contributed by atoms with E-state index in [2.05, 4.69) is 37.9 Å². The summed E-state index contributed by atoms with van der Waals surface area (Å²) in [5, 5.41) is 0. The van der Waals surface area contributed by atoms with Crippen molar-refractivity contribution in [2.75, 3.05) is 0 Å². The summed E-state index contributed by atoms with van der Waals surface area (Å²) in [7, 11) is 0. The molecular formula is C17H16N2OSe. The van der Waals surface area contributed by atoms with E-state index in [0.29, 0.717) is 5.69 Å². The fourth-order valence-corrected chi connectivity index (χ4v) is 4.75. The standard InChI is InChI=1S/C17H16N2OSe/c1-11-8-12(2)16(13(3)9-11)21-17-14(10-20)19-7-5-4-6-15(19)18-17/h4-10H,1-3H3. The Kier molecular flexibility index (Phi) is 3.66. The van der Waals surface area contributed by atoms with Gasteiger partial charge in [0, 0.05) is 0 Å². The number of hydrogen-bond donors (Lipinski definition) is 0. The molecule has 0 fully saturated rings. The summed E-state index contributed by atoms with van der Waals surface area (Å²) in [4.78, 5) is 16.1. The molecule has 0 amide bonds. The van der Waals surface area contributed by atoms with Crippen LogP contribution < -0.4 is 9.05 Å². The first kappa shape index (κ1) is 14.1. The number of nitrogens with zero attached hydrogens (tertiary/aromatic N) is 2. The fourth-order valence-electron chi connectivity index (χ4n) is 2.60. The Morgan fingerprint density at radius 2 is 1.86 bits per heavy atom. The van der Waals surface area contributed by atoms with E-state index in [-0.39, 0.29) is 15.0 Å². The predicted octanol–water partition coefficient (Wildman–Crippen LogP) is 1.73. The third-order valence-electron chi connectivity index (χ3n) is 3.45. The van der Waals surface area contributed by atoms with Gasteiger partial charge in [0.15, 0.2) is 0 Å². The van der Waals surface area contributed by atoms with E-state index in [9.17, 15) is 4.79 Å². The second kappa shape index (κ2) is 5.47. The van der Waals surface area contributed by atoms with Crippen LogP contribution in [-0.4, -0.2) is 30.6 Å². The van der Waals surface area contributed by atoms with Crippen LogP contribution in [0.25, 0.3) is 5.65 Å². The van der Waals surface area contributed by atoms with Gasteiger partial charge in [-0.3, -0.25) is 0 Å². The molecule has 0 bridgehead atoms. The Balaban J connectivity index is 2.12. The van der Waals surface area contributed by atoms with Gasteiger partial charge >= 0.3 is 130 Å². The van der Waals surface area contributed by atoms with E-state index < -0.39 is 0 Å². The summed E-state index contributed by atoms with van der Waals surface area (Å²) in [6.45, 7) is 6.37. The van der Waals surface area contributed by atoms with E-state index in [1.54, 1.807) is 0 Å². The van der Waals surface area contributed by atoms with Crippen molar-refractivity contribution < 1.29 is 4.79 Å². The second-order valence-electron chi connectivity index (χ2n) is 5.18. The molecule has 0 saturated heterocycles. The van der Waals surface area contributed by atoms with Crippen molar-refractivity contribution in [3.63, 3.8) is 0 Å². The Morgan fingerprint density at radius 1 is 1.14 bits per heavy atom. The molecule has 2 heterocycles. The van der Waals surface area contributed by atoms with E-state index in [4.69, 9.17) is 0 Å². The number of carbonyl (C=O) groups is 1. The number of hydrogen-bond acceptors (Lipinski definition) is 2. The Morgan fingerprint density at radius 3 is 2.52 bits per heavy atom. The van der Waals surface area contributed by atoms with Crippen molar-refractivity contribution in [3.8, 4) is 0 Å². The normalized spacial score (nSPS) is 11.0. The third-order valence-corrected chi connectivity index (χ3v) is 6.26. The number of imidazole rings is 1. The van der Waals surface area contributed by atoms with Gasteiger partial charge < -0.3 is 0 Å². The van der Waals surface area contributed by atoms with Gasteiger partial charge in [-0.2, -0.15) is 0 Å². The number of rotatable bonds is 3. The maximum atomic E-state index is 11.5. The van der Waals surface area contributed by atoms with E-state index >= 15 is 0 Å². The molecule has 2 aromatic heterocycles. The SMILES string of the molecule is Cc1cc(C)c([Se]c2nc3ccccn3c2C=O)c(C)c1. The van der Waals surface area contributed by atoms with Crippen LogP contribution in [0.2, 0.25) is 0 Å². The van der Waals surface area contributed by atoms with Crippen LogP contribution in [-0.2, 0) is 0 Å². The van der Waals surface area contributed by atoms with Crippen LogP contribution in [0.3, 0.4) is 0 Å². The van der Waals surface area contributed by atoms with Crippen molar-refractivity contribution in [2.45, 2.75) is 20.8 Å². The number of pyridine rings is 1. The van der Waals surface area contributed by atoms with Crippen molar-refractivity contribution in [3.05, 3.63) is 58.9 Å².